The first-order chi connectivity index (χ1) is 8.16. The Morgan fingerprint density at radius 2 is 2.22 bits per heavy atom. The zero-order valence-corrected chi connectivity index (χ0v) is 11.3. The fraction of sp³-hybridized carbons (Fsp3) is 0.667. The van der Waals surface area contributed by atoms with Crippen molar-refractivity contribution < 1.29 is 4.79 Å². The highest BCUT2D eigenvalue weighted by molar-refractivity contribution is 5.92. The monoisotopic (exact) mass is 270 g/mol. The summed E-state index contributed by atoms with van der Waals surface area (Å²) in [6.07, 6.45) is 3.94. The van der Waals surface area contributed by atoms with Gasteiger partial charge in [-0.1, -0.05) is 0 Å². The summed E-state index contributed by atoms with van der Waals surface area (Å²) in [5.41, 5.74) is 6.74. The summed E-state index contributed by atoms with van der Waals surface area (Å²) >= 11 is 0. The minimum absolute atomic E-state index is 0. The van der Waals surface area contributed by atoms with Gasteiger partial charge in [0.05, 0.1) is 0 Å². The third-order valence-corrected chi connectivity index (χ3v) is 4.24. The predicted molar refractivity (Wildman–Crippen MR) is 70.5 cm³/mol. The number of fused-ring (bicyclic) bond motifs is 1. The molecule has 18 heavy (non-hydrogen) atoms. The predicted octanol–water partition coefficient (Wildman–Crippen LogP) is 0.651. The van der Waals surface area contributed by atoms with E-state index in [9.17, 15) is 4.79 Å². The van der Waals surface area contributed by atoms with E-state index in [1.54, 1.807) is 24.0 Å². The fourth-order valence-electron chi connectivity index (χ4n) is 3.22. The molecule has 0 bridgehead atoms. The first kappa shape index (κ1) is 13.4. The molecule has 0 aromatic carbocycles. The summed E-state index contributed by atoms with van der Waals surface area (Å²) in [6.45, 7) is 1.68. The molecule has 1 aliphatic carbocycles. The number of carbonyl (C=O) groups is 1. The number of likely N-dealkylation sites (tertiary alicyclic amines) is 1. The minimum Gasteiger partial charge on any atom is -0.337 e. The van der Waals surface area contributed by atoms with Gasteiger partial charge in [0.25, 0.3) is 5.91 Å². The number of nitrogens with two attached hydrogens (primary N) is 1. The number of hydrogen-bond acceptors (Lipinski definition) is 3. The number of carbonyl (C=O) groups excluding carboxylic acids is 1. The van der Waals surface area contributed by atoms with E-state index in [0.29, 0.717) is 17.5 Å². The molecule has 3 rings (SSSR count). The maximum atomic E-state index is 12.3. The van der Waals surface area contributed by atoms with Crippen molar-refractivity contribution in [2.45, 2.75) is 18.9 Å². The topological polar surface area (TPSA) is 64.2 Å². The summed E-state index contributed by atoms with van der Waals surface area (Å²) in [5, 5.41) is 4.04. The van der Waals surface area contributed by atoms with Crippen molar-refractivity contribution in [2.24, 2.45) is 24.6 Å². The van der Waals surface area contributed by atoms with E-state index in [1.807, 2.05) is 4.90 Å². The molecule has 0 radical (unpaired) electrons. The van der Waals surface area contributed by atoms with Gasteiger partial charge in [-0.3, -0.25) is 9.48 Å². The molecule has 3 atom stereocenters. The molecule has 1 saturated heterocycles. The molecule has 2 N–H and O–H groups in total. The number of aryl methyl sites for hydroxylation is 1. The summed E-state index contributed by atoms with van der Waals surface area (Å²) in [7, 11) is 1.80. The molecule has 2 heterocycles. The molecule has 1 aliphatic heterocycles. The Labute approximate surface area is 113 Å². The Kier molecular flexibility index (Phi) is 3.64. The molecule has 100 valence electrons. The molecule has 1 amide bonds. The van der Waals surface area contributed by atoms with Crippen LogP contribution in [0.15, 0.2) is 12.3 Å². The van der Waals surface area contributed by atoms with Gasteiger partial charge in [0.1, 0.15) is 5.69 Å². The van der Waals surface area contributed by atoms with Gasteiger partial charge in [-0.25, -0.2) is 0 Å². The molecule has 6 heteroatoms. The highest BCUT2D eigenvalue weighted by Crippen LogP contribution is 2.37. The van der Waals surface area contributed by atoms with Crippen LogP contribution in [0, 0.1) is 11.8 Å². The quantitative estimate of drug-likeness (QED) is 0.815. The van der Waals surface area contributed by atoms with E-state index in [-0.39, 0.29) is 24.4 Å². The molecular weight excluding hydrogens is 252 g/mol. The smallest absolute Gasteiger partial charge is 0.272 e. The van der Waals surface area contributed by atoms with Crippen LogP contribution in [0.2, 0.25) is 0 Å². The molecule has 1 saturated carbocycles. The van der Waals surface area contributed by atoms with Crippen molar-refractivity contribution in [3.63, 3.8) is 0 Å². The maximum Gasteiger partial charge on any atom is 0.272 e. The maximum absolute atomic E-state index is 12.3. The first-order valence-electron chi connectivity index (χ1n) is 6.19. The number of amides is 1. The van der Waals surface area contributed by atoms with Crippen molar-refractivity contribution in [1.82, 2.24) is 14.7 Å². The Morgan fingerprint density at radius 1 is 1.44 bits per heavy atom. The van der Waals surface area contributed by atoms with E-state index < -0.39 is 0 Å². The molecular formula is C12H19ClN4O. The van der Waals surface area contributed by atoms with Gasteiger partial charge in [-0.2, -0.15) is 5.10 Å². The van der Waals surface area contributed by atoms with Crippen LogP contribution in [0.1, 0.15) is 23.3 Å². The highest BCUT2D eigenvalue weighted by Gasteiger charge is 2.42. The number of nitrogens with zero attached hydrogens (tertiary/aromatic N) is 3. The first-order valence-corrected chi connectivity index (χ1v) is 6.19. The van der Waals surface area contributed by atoms with Crippen LogP contribution in [0.3, 0.4) is 0 Å². The van der Waals surface area contributed by atoms with E-state index in [4.69, 9.17) is 5.73 Å². The number of rotatable bonds is 1. The van der Waals surface area contributed by atoms with Gasteiger partial charge in [0, 0.05) is 32.4 Å². The van der Waals surface area contributed by atoms with Gasteiger partial charge in [-0.15, -0.1) is 12.4 Å². The zero-order valence-electron chi connectivity index (χ0n) is 10.5. The summed E-state index contributed by atoms with van der Waals surface area (Å²) < 4.78 is 1.64. The van der Waals surface area contributed by atoms with Gasteiger partial charge < -0.3 is 10.6 Å². The van der Waals surface area contributed by atoms with Crippen LogP contribution < -0.4 is 5.73 Å². The summed E-state index contributed by atoms with van der Waals surface area (Å²) in [4.78, 5) is 14.2. The van der Waals surface area contributed by atoms with E-state index in [2.05, 4.69) is 5.10 Å². The lowest BCUT2D eigenvalue weighted by atomic mass is 9.98. The molecule has 2 aliphatic rings. The second kappa shape index (κ2) is 4.90. The fourth-order valence-corrected chi connectivity index (χ4v) is 3.22. The number of halogens is 1. The molecule has 1 aromatic rings. The average molecular weight is 271 g/mol. The van der Waals surface area contributed by atoms with Crippen molar-refractivity contribution in [3.05, 3.63) is 18.0 Å². The normalized spacial score (nSPS) is 30.1. The minimum atomic E-state index is 0. The van der Waals surface area contributed by atoms with Crippen molar-refractivity contribution in [3.8, 4) is 0 Å². The Morgan fingerprint density at radius 3 is 2.83 bits per heavy atom. The van der Waals surface area contributed by atoms with Crippen molar-refractivity contribution in [2.75, 3.05) is 13.1 Å². The Hall–Kier alpha value is -1.07. The number of hydrogen-bond donors (Lipinski definition) is 1. The third-order valence-electron chi connectivity index (χ3n) is 4.24. The van der Waals surface area contributed by atoms with E-state index in [0.717, 1.165) is 19.5 Å². The summed E-state index contributed by atoms with van der Waals surface area (Å²) in [5.74, 6) is 1.21. The van der Waals surface area contributed by atoms with Crippen LogP contribution in [0.5, 0.6) is 0 Å². The van der Waals surface area contributed by atoms with Gasteiger partial charge >= 0.3 is 0 Å². The van der Waals surface area contributed by atoms with E-state index in [1.165, 1.54) is 6.42 Å². The molecule has 5 nitrogen and oxygen atoms in total. The SMILES string of the molecule is Cl.Cn1nccc1C(=O)N1CC2CCC(N)C2C1. The van der Waals surface area contributed by atoms with Crippen LogP contribution in [0.4, 0.5) is 0 Å². The van der Waals surface area contributed by atoms with Crippen molar-refractivity contribution >= 4 is 18.3 Å². The Balaban J connectivity index is 0.00000120. The van der Waals surface area contributed by atoms with Gasteiger partial charge in [0.2, 0.25) is 0 Å². The molecule has 0 spiro atoms. The number of aromatic nitrogens is 2. The zero-order chi connectivity index (χ0) is 12.0. The average Bonchev–Trinajstić information content (AvgIpc) is 2.96. The standard InChI is InChI=1S/C12H18N4O.ClH/c1-15-11(4-5-14-15)12(17)16-6-8-2-3-10(13)9(8)7-16;/h4-5,8-10H,2-3,6-7,13H2,1H3;1H. The lowest BCUT2D eigenvalue weighted by Gasteiger charge is -2.18. The second-order valence-electron chi connectivity index (χ2n) is 5.22. The highest BCUT2D eigenvalue weighted by atomic mass is 35.5. The molecule has 3 unspecified atom stereocenters. The van der Waals surface area contributed by atoms with Crippen LogP contribution >= 0.6 is 12.4 Å². The molecule has 2 fully saturated rings. The second-order valence-corrected chi connectivity index (χ2v) is 5.22. The Bertz CT molecular complexity index is 447. The van der Waals surface area contributed by atoms with Crippen molar-refractivity contribution in [1.29, 1.82) is 0 Å². The summed E-state index contributed by atoms with van der Waals surface area (Å²) in [6, 6.07) is 2.06. The largest absolute Gasteiger partial charge is 0.337 e. The van der Waals surface area contributed by atoms with E-state index >= 15 is 0 Å². The van der Waals surface area contributed by atoms with Crippen LogP contribution in [-0.2, 0) is 7.05 Å². The van der Waals surface area contributed by atoms with Crippen LogP contribution in [-0.4, -0.2) is 39.7 Å². The van der Waals surface area contributed by atoms with Gasteiger partial charge in [-0.05, 0) is 30.7 Å². The lowest BCUT2D eigenvalue weighted by molar-refractivity contribution is 0.0768. The lowest BCUT2D eigenvalue weighted by Crippen LogP contribution is -2.34. The van der Waals surface area contributed by atoms with Gasteiger partial charge in [0.15, 0.2) is 0 Å². The van der Waals surface area contributed by atoms with Crippen LogP contribution in [0.25, 0.3) is 0 Å². The molecule has 1 aromatic heterocycles. The third kappa shape index (κ3) is 2.01.